The van der Waals surface area contributed by atoms with Crippen LogP contribution in [-0.2, 0) is 10.0 Å². The lowest BCUT2D eigenvalue weighted by atomic mass is 10.2. The maximum absolute atomic E-state index is 12.0. The molecule has 16 heavy (non-hydrogen) atoms. The largest absolute Gasteiger partial charge is 0.241 e. The maximum Gasteiger partial charge on any atom is 0.241 e. The fourth-order valence-corrected chi connectivity index (χ4v) is 3.56. The highest BCUT2D eigenvalue weighted by molar-refractivity contribution is 7.98. The molecule has 0 heterocycles. The zero-order valence-corrected chi connectivity index (χ0v) is 11.0. The van der Waals surface area contributed by atoms with E-state index in [9.17, 15) is 8.42 Å². The molecular weight excluding hydrogens is 242 g/mol. The monoisotopic (exact) mass is 257 g/mol. The lowest BCUT2D eigenvalue weighted by Gasteiger charge is -2.09. The molecule has 1 aliphatic carbocycles. The highest BCUT2D eigenvalue weighted by Crippen LogP contribution is 2.25. The standard InChI is InChI=1S/C11H15NO2S2/c1-8-7-10(15-2)5-6-11(8)16(13,14)12-9-3-4-9/h5-7,9,12H,3-4H2,1-2H3. The Morgan fingerprint density at radius 2 is 2.06 bits per heavy atom. The summed E-state index contributed by atoms with van der Waals surface area (Å²) in [6.07, 6.45) is 3.90. The molecule has 0 saturated heterocycles. The van der Waals surface area contributed by atoms with Crippen LogP contribution in [0.3, 0.4) is 0 Å². The van der Waals surface area contributed by atoms with E-state index in [1.807, 2.05) is 25.3 Å². The van der Waals surface area contributed by atoms with Crippen LogP contribution in [-0.4, -0.2) is 20.7 Å². The number of hydrogen-bond donors (Lipinski definition) is 1. The van der Waals surface area contributed by atoms with E-state index in [2.05, 4.69) is 4.72 Å². The molecule has 0 aromatic heterocycles. The van der Waals surface area contributed by atoms with E-state index in [1.54, 1.807) is 17.8 Å². The Balaban J connectivity index is 2.31. The van der Waals surface area contributed by atoms with Crippen molar-refractivity contribution in [3.8, 4) is 0 Å². The van der Waals surface area contributed by atoms with E-state index in [0.29, 0.717) is 4.90 Å². The van der Waals surface area contributed by atoms with Gasteiger partial charge in [-0.2, -0.15) is 0 Å². The van der Waals surface area contributed by atoms with Gasteiger partial charge in [0, 0.05) is 10.9 Å². The number of rotatable bonds is 4. The number of nitrogens with one attached hydrogen (secondary N) is 1. The minimum atomic E-state index is -3.31. The first-order chi connectivity index (χ1) is 7.53. The van der Waals surface area contributed by atoms with Gasteiger partial charge in [-0.05, 0) is 49.8 Å². The van der Waals surface area contributed by atoms with E-state index in [-0.39, 0.29) is 6.04 Å². The minimum Gasteiger partial charge on any atom is -0.208 e. The second-order valence-corrected chi connectivity index (χ2v) is 6.59. The van der Waals surface area contributed by atoms with Crippen molar-refractivity contribution in [2.45, 2.75) is 35.6 Å². The fraction of sp³-hybridized carbons (Fsp3) is 0.455. The molecule has 0 spiro atoms. The highest BCUT2D eigenvalue weighted by Gasteiger charge is 2.28. The first-order valence-corrected chi connectivity index (χ1v) is 7.91. The second kappa shape index (κ2) is 4.39. The SMILES string of the molecule is CSc1ccc(S(=O)(=O)NC2CC2)c(C)c1. The van der Waals surface area contributed by atoms with Crippen molar-refractivity contribution in [1.29, 1.82) is 0 Å². The third-order valence-electron chi connectivity index (χ3n) is 2.57. The van der Waals surface area contributed by atoms with Crippen LogP contribution in [0.2, 0.25) is 0 Å². The molecule has 1 aliphatic rings. The van der Waals surface area contributed by atoms with Crippen molar-refractivity contribution >= 4 is 21.8 Å². The average molecular weight is 257 g/mol. The lowest BCUT2D eigenvalue weighted by Crippen LogP contribution is -2.26. The highest BCUT2D eigenvalue weighted by atomic mass is 32.2. The van der Waals surface area contributed by atoms with Gasteiger partial charge in [0.2, 0.25) is 10.0 Å². The van der Waals surface area contributed by atoms with E-state index >= 15 is 0 Å². The van der Waals surface area contributed by atoms with Crippen LogP contribution in [0.4, 0.5) is 0 Å². The third-order valence-corrected chi connectivity index (χ3v) is 4.98. The van der Waals surface area contributed by atoms with Crippen LogP contribution in [0.25, 0.3) is 0 Å². The topological polar surface area (TPSA) is 46.2 Å². The predicted octanol–water partition coefficient (Wildman–Crippen LogP) is 2.16. The van der Waals surface area contributed by atoms with E-state index in [4.69, 9.17) is 0 Å². The van der Waals surface area contributed by atoms with E-state index in [0.717, 1.165) is 23.3 Å². The van der Waals surface area contributed by atoms with Gasteiger partial charge in [0.05, 0.1) is 4.90 Å². The second-order valence-electron chi connectivity index (χ2n) is 4.03. The number of benzene rings is 1. The molecule has 1 N–H and O–H groups in total. The van der Waals surface area contributed by atoms with Crippen LogP contribution in [0.1, 0.15) is 18.4 Å². The number of aryl methyl sites for hydroxylation is 1. The molecule has 1 fully saturated rings. The van der Waals surface area contributed by atoms with Gasteiger partial charge >= 0.3 is 0 Å². The molecule has 0 atom stereocenters. The zero-order valence-electron chi connectivity index (χ0n) is 9.36. The van der Waals surface area contributed by atoms with Crippen molar-refractivity contribution in [2.24, 2.45) is 0 Å². The van der Waals surface area contributed by atoms with Crippen LogP contribution in [0, 0.1) is 6.92 Å². The van der Waals surface area contributed by atoms with Crippen LogP contribution in [0.5, 0.6) is 0 Å². The number of sulfonamides is 1. The van der Waals surface area contributed by atoms with Crippen LogP contribution < -0.4 is 4.72 Å². The lowest BCUT2D eigenvalue weighted by molar-refractivity contribution is 0.580. The summed E-state index contributed by atoms with van der Waals surface area (Å²) in [4.78, 5) is 1.49. The summed E-state index contributed by atoms with van der Waals surface area (Å²) in [7, 11) is -3.31. The van der Waals surface area contributed by atoms with E-state index in [1.165, 1.54) is 0 Å². The van der Waals surface area contributed by atoms with Gasteiger partial charge in [0.1, 0.15) is 0 Å². The Morgan fingerprint density at radius 3 is 2.56 bits per heavy atom. The van der Waals surface area contributed by atoms with Crippen molar-refractivity contribution in [3.63, 3.8) is 0 Å². The number of thioether (sulfide) groups is 1. The first-order valence-electron chi connectivity index (χ1n) is 5.20. The summed E-state index contributed by atoms with van der Waals surface area (Å²) < 4.78 is 26.7. The molecule has 1 saturated carbocycles. The molecule has 3 nitrogen and oxygen atoms in total. The zero-order chi connectivity index (χ0) is 11.8. The molecule has 0 bridgehead atoms. The molecule has 0 radical (unpaired) electrons. The minimum absolute atomic E-state index is 0.157. The Kier molecular flexibility index (Phi) is 3.28. The summed E-state index contributed by atoms with van der Waals surface area (Å²) in [5.74, 6) is 0. The molecule has 1 aromatic rings. The van der Waals surface area contributed by atoms with Gasteiger partial charge < -0.3 is 0 Å². The summed E-state index contributed by atoms with van der Waals surface area (Å²) in [5.41, 5.74) is 0.806. The molecule has 0 unspecified atom stereocenters. The van der Waals surface area contributed by atoms with Crippen molar-refractivity contribution in [3.05, 3.63) is 23.8 Å². The fourth-order valence-electron chi connectivity index (χ4n) is 1.53. The smallest absolute Gasteiger partial charge is 0.208 e. The van der Waals surface area contributed by atoms with Crippen molar-refractivity contribution in [2.75, 3.05) is 6.26 Å². The maximum atomic E-state index is 12.0. The van der Waals surface area contributed by atoms with Gasteiger partial charge in [0.15, 0.2) is 0 Å². The Labute approximate surface area is 101 Å². The van der Waals surface area contributed by atoms with Gasteiger partial charge in [0.25, 0.3) is 0 Å². The Hall–Kier alpha value is -0.520. The quantitative estimate of drug-likeness (QED) is 0.841. The molecule has 1 aromatic carbocycles. The summed E-state index contributed by atoms with van der Waals surface area (Å²) in [6.45, 7) is 1.83. The summed E-state index contributed by atoms with van der Waals surface area (Å²) in [6, 6.07) is 5.60. The molecule has 88 valence electrons. The van der Waals surface area contributed by atoms with Crippen LogP contribution >= 0.6 is 11.8 Å². The summed E-state index contributed by atoms with van der Waals surface area (Å²) >= 11 is 1.61. The molecule has 0 amide bonds. The van der Waals surface area contributed by atoms with Crippen molar-refractivity contribution < 1.29 is 8.42 Å². The normalized spacial score (nSPS) is 16.4. The molecule has 5 heteroatoms. The molecular formula is C11H15NO2S2. The van der Waals surface area contributed by atoms with Gasteiger partial charge in [-0.1, -0.05) is 0 Å². The third kappa shape index (κ3) is 2.59. The summed E-state index contributed by atoms with van der Waals surface area (Å²) in [5, 5.41) is 0. The Morgan fingerprint density at radius 1 is 1.38 bits per heavy atom. The average Bonchev–Trinajstić information content (AvgIpc) is 3.00. The van der Waals surface area contributed by atoms with Crippen LogP contribution in [0.15, 0.2) is 28.0 Å². The Bertz CT molecular complexity index is 493. The van der Waals surface area contributed by atoms with Crippen molar-refractivity contribution in [1.82, 2.24) is 4.72 Å². The predicted molar refractivity (Wildman–Crippen MR) is 66.3 cm³/mol. The van der Waals surface area contributed by atoms with E-state index < -0.39 is 10.0 Å². The molecule has 2 rings (SSSR count). The first kappa shape index (κ1) is 12.0. The van der Waals surface area contributed by atoms with Gasteiger partial charge in [-0.3, -0.25) is 0 Å². The van der Waals surface area contributed by atoms with Gasteiger partial charge in [-0.25, -0.2) is 13.1 Å². The number of hydrogen-bond acceptors (Lipinski definition) is 3. The van der Waals surface area contributed by atoms with Gasteiger partial charge in [-0.15, -0.1) is 11.8 Å². The molecule has 0 aliphatic heterocycles.